The largest absolute Gasteiger partial charge is 0.325 e. The number of halogens is 1. The van der Waals surface area contributed by atoms with Crippen molar-refractivity contribution in [2.24, 2.45) is 0 Å². The van der Waals surface area contributed by atoms with Crippen LogP contribution in [0, 0.1) is 0 Å². The van der Waals surface area contributed by atoms with Crippen LogP contribution in [-0.4, -0.2) is 31.7 Å². The minimum Gasteiger partial charge on any atom is -0.325 e. The van der Waals surface area contributed by atoms with E-state index in [1.807, 2.05) is 30.3 Å². The minimum atomic E-state index is -0.267. The number of carbonyl (C=O) groups is 1. The van der Waals surface area contributed by atoms with Crippen molar-refractivity contribution in [3.8, 4) is 0 Å². The molecule has 6 nitrogen and oxygen atoms in total. The van der Waals surface area contributed by atoms with Crippen LogP contribution in [-0.2, 0) is 4.79 Å². The summed E-state index contributed by atoms with van der Waals surface area (Å²) in [6, 6.07) is 13.1. The van der Waals surface area contributed by atoms with Gasteiger partial charge in [-0.15, -0.1) is 11.6 Å². The highest BCUT2D eigenvalue weighted by molar-refractivity contribution is 6.29. The maximum absolute atomic E-state index is 11.6. The topological polar surface area (TPSA) is 80.7 Å². The second-order valence-corrected chi connectivity index (χ2v) is 6.37. The Balaban J connectivity index is 1.88. The lowest BCUT2D eigenvalue weighted by atomic mass is 10.1. The molecule has 0 radical (unpaired) electrons. The van der Waals surface area contributed by atoms with Gasteiger partial charge in [0.1, 0.15) is 5.88 Å². The van der Waals surface area contributed by atoms with Crippen molar-refractivity contribution < 1.29 is 4.79 Å². The Kier molecular flexibility index (Phi) is 3.58. The molecule has 0 saturated heterocycles. The van der Waals surface area contributed by atoms with E-state index in [0.29, 0.717) is 11.2 Å². The fourth-order valence-corrected chi connectivity index (χ4v) is 3.34. The van der Waals surface area contributed by atoms with Gasteiger partial charge in [-0.2, -0.15) is 0 Å². The first kappa shape index (κ1) is 15.8. The number of pyridine rings is 2. The SMILES string of the molecule is O=C(CCl)Nc1ccc2nc3c4cccnc4c4ncccc4c3nc2c1. The molecule has 0 aliphatic heterocycles. The van der Waals surface area contributed by atoms with E-state index in [9.17, 15) is 4.79 Å². The van der Waals surface area contributed by atoms with Crippen LogP contribution >= 0.6 is 11.6 Å². The van der Waals surface area contributed by atoms with Crippen molar-refractivity contribution in [3.05, 3.63) is 54.9 Å². The van der Waals surface area contributed by atoms with Crippen LogP contribution in [0.4, 0.5) is 5.69 Å². The number of nitrogens with zero attached hydrogens (tertiary/aromatic N) is 4. The summed E-state index contributed by atoms with van der Waals surface area (Å²) in [7, 11) is 0. The van der Waals surface area contributed by atoms with E-state index in [2.05, 4.69) is 15.3 Å². The number of nitrogens with one attached hydrogen (secondary N) is 1. The van der Waals surface area contributed by atoms with Crippen molar-refractivity contribution in [3.63, 3.8) is 0 Å². The molecule has 0 bridgehead atoms. The van der Waals surface area contributed by atoms with Gasteiger partial charge in [0.2, 0.25) is 5.91 Å². The highest BCUT2D eigenvalue weighted by Crippen LogP contribution is 2.32. The number of benzene rings is 2. The summed E-state index contributed by atoms with van der Waals surface area (Å²) in [5, 5.41) is 4.54. The van der Waals surface area contributed by atoms with Crippen molar-refractivity contribution in [1.82, 2.24) is 19.9 Å². The van der Waals surface area contributed by atoms with E-state index in [1.54, 1.807) is 24.5 Å². The number of rotatable bonds is 2. The van der Waals surface area contributed by atoms with Crippen LogP contribution in [0.3, 0.4) is 0 Å². The molecule has 2 aromatic carbocycles. The zero-order valence-corrected chi connectivity index (χ0v) is 14.7. The van der Waals surface area contributed by atoms with Gasteiger partial charge in [0, 0.05) is 28.9 Å². The molecule has 0 saturated carbocycles. The molecule has 0 atom stereocenters. The summed E-state index contributed by atoms with van der Waals surface area (Å²) in [5.74, 6) is -0.368. The maximum Gasteiger partial charge on any atom is 0.239 e. The number of amides is 1. The number of alkyl halides is 1. The van der Waals surface area contributed by atoms with Gasteiger partial charge in [-0.3, -0.25) is 14.8 Å². The van der Waals surface area contributed by atoms with Crippen LogP contribution in [0.1, 0.15) is 0 Å². The highest BCUT2D eigenvalue weighted by atomic mass is 35.5. The molecule has 0 spiro atoms. The van der Waals surface area contributed by atoms with Gasteiger partial charge >= 0.3 is 0 Å². The van der Waals surface area contributed by atoms with E-state index in [-0.39, 0.29) is 11.8 Å². The van der Waals surface area contributed by atoms with Gasteiger partial charge in [0.05, 0.1) is 33.1 Å². The highest BCUT2D eigenvalue weighted by Gasteiger charge is 2.14. The molecule has 0 aliphatic rings. The zero-order chi connectivity index (χ0) is 18.4. The monoisotopic (exact) mass is 373 g/mol. The van der Waals surface area contributed by atoms with Gasteiger partial charge in [0.25, 0.3) is 0 Å². The summed E-state index contributed by atoms with van der Waals surface area (Å²) in [4.78, 5) is 30.2. The standard InChI is InChI=1S/C20H12ClN5O/c21-10-16(27)24-11-5-6-14-15(9-11)26-20-13-4-2-8-23-18(13)17-12(19(20)25-14)3-1-7-22-17/h1-9H,10H2,(H,24,27). The predicted molar refractivity (Wildman–Crippen MR) is 107 cm³/mol. The Morgan fingerprint density at radius 3 is 2.11 bits per heavy atom. The van der Waals surface area contributed by atoms with Crippen LogP contribution in [0.5, 0.6) is 0 Å². The first-order valence-electron chi connectivity index (χ1n) is 8.33. The van der Waals surface area contributed by atoms with Crippen LogP contribution < -0.4 is 5.32 Å². The second-order valence-electron chi connectivity index (χ2n) is 6.11. The van der Waals surface area contributed by atoms with Crippen molar-refractivity contribution in [2.75, 3.05) is 11.2 Å². The fraction of sp³-hybridized carbons (Fsp3) is 0.0500. The molecule has 3 heterocycles. The van der Waals surface area contributed by atoms with Gasteiger partial charge in [-0.1, -0.05) is 0 Å². The normalized spacial score (nSPS) is 11.4. The van der Waals surface area contributed by atoms with E-state index < -0.39 is 0 Å². The summed E-state index contributed by atoms with van der Waals surface area (Å²) < 4.78 is 0. The van der Waals surface area contributed by atoms with Crippen LogP contribution in [0.15, 0.2) is 54.9 Å². The second kappa shape index (κ2) is 6.10. The molecular weight excluding hydrogens is 362 g/mol. The van der Waals surface area contributed by atoms with Crippen molar-refractivity contribution in [2.45, 2.75) is 0 Å². The molecule has 5 aromatic rings. The van der Waals surface area contributed by atoms with Gasteiger partial charge in [-0.05, 0) is 42.5 Å². The molecule has 1 N–H and O–H groups in total. The number of fused-ring (bicyclic) bond motifs is 7. The average molecular weight is 374 g/mol. The molecule has 5 rings (SSSR count). The number of aromatic nitrogens is 4. The Morgan fingerprint density at radius 2 is 1.48 bits per heavy atom. The number of anilines is 1. The van der Waals surface area contributed by atoms with Crippen LogP contribution in [0.25, 0.3) is 43.9 Å². The Labute approximate surface area is 158 Å². The molecule has 0 aliphatic carbocycles. The third kappa shape index (κ3) is 2.53. The minimum absolute atomic E-state index is 0.100. The van der Waals surface area contributed by atoms with Crippen molar-refractivity contribution >= 4 is 67.1 Å². The summed E-state index contributed by atoms with van der Waals surface area (Å²) >= 11 is 5.57. The Morgan fingerprint density at radius 1 is 0.852 bits per heavy atom. The number of carbonyl (C=O) groups excluding carboxylic acids is 1. The zero-order valence-electron chi connectivity index (χ0n) is 14.0. The average Bonchev–Trinajstić information content (AvgIpc) is 2.72. The molecule has 0 unspecified atom stereocenters. The predicted octanol–water partition coefficient (Wildman–Crippen LogP) is 4.06. The van der Waals surface area contributed by atoms with E-state index in [4.69, 9.17) is 21.6 Å². The summed E-state index contributed by atoms with van der Waals surface area (Å²) in [5.41, 5.74) is 5.19. The van der Waals surface area contributed by atoms with Gasteiger partial charge < -0.3 is 5.32 Å². The molecule has 3 aromatic heterocycles. The maximum atomic E-state index is 11.6. The quantitative estimate of drug-likeness (QED) is 0.287. The fourth-order valence-electron chi connectivity index (χ4n) is 3.27. The lowest BCUT2D eigenvalue weighted by molar-refractivity contribution is -0.113. The lowest BCUT2D eigenvalue weighted by Gasteiger charge is -2.09. The van der Waals surface area contributed by atoms with Gasteiger partial charge in [-0.25, -0.2) is 9.97 Å². The molecule has 130 valence electrons. The van der Waals surface area contributed by atoms with E-state index in [1.165, 1.54) is 0 Å². The molecule has 0 fully saturated rings. The molecular formula is C20H12ClN5O. The van der Waals surface area contributed by atoms with Crippen molar-refractivity contribution in [1.29, 1.82) is 0 Å². The first-order valence-corrected chi connectivity index (χ1v) is 8.87. The molecule has 7 heteroatoms. The summed E-state index contributed by atoms with van der Waals surface area (Å²) in [6.07, 6.45) is 3.50. The Bertz CT molecular complexity index is 1370. The van der Waals surface area contributed by atoms with Gasteiger partial charge in [0.15, 0.2) is 0 Å². The van der Waals surface area contributed by atoms with Crippen LogP contribution in [0.2, 0.25) is 0 Å². The summed E-state index contributed by atoms with van der Waals surface area (Å²) in [6.45, 7) is 0. The third-order valence-corrected chi connectivity index (χ3v) is 4.66. The number of hydrogen-bond acceptors (Lipinski definition) is 5. The molecule has 1 amide bonds. The first-order chi connectivity index (χ1) is 13.2. The lowest BCUT2D eigenvalue weighted by Crippen LogP contribution is -2.12. The van der Waals surface area contributed by atoms with E-state index in [0.717, 1.165) is 38.4 Å². The van der Waals surface area contributed by atoms with E-state index >= 15 is 0 Å². The number of hydrogen-bond donors (Lipinski definition) is 1. The Hall–Kier alpha value is -3.38. The third-order valence-electron chi connectivity index (χ3n) is 4.42. The molecule has 27 heavy (non-hydrogen) atoms. The smallest absolute Gasteiger partial charge is 0.239 e.